The summed E-state index contributed by atoms with van der Waals surface area (Å²) < 4.78 is 29.2. The van der Waals surface area contributed by atoms with Crippen LogP contribution in [0.3, 0.4) is 0 Å². The lowest BCUT2D eigenvalue weighted by Gasteiger charge is -2.16. The number of para-hydroxylation sites is 1. The largest absolute Gasteiger partial charge is 0.382 e. The van der Waals surface area contributed by atoms with Crippen molar-refractivity contribution in [2.24, 2.45) is 0 Å². The SMILES string of the molecule is Cc1ccccc1N1C(=O)C(=Cc2cc(Br)ccc2OS(C)(=O)=O)SC1=S. The molecule has 1 aliphatic heterocycles. The Morgan fingerprint density at radius 2 is 1.93 bits per heavy atom. The molecule has 0 bridgehead atoms. The van der Waals surface area contributed by atoms with E-state index in [-0.39, 0.29) is 11.7 Å². The molecule has 0 atom stereocenters. The van der Waals surface area contributed by atoms with Gasteiger partial charge in [-0.3, -0.25) is 9.69 Å². The molecular weight excluding hydrogens is 470 g/mol. The Hall–Kier alpha value is -1.68. The van der Waals surface area contributed by atoms with E-state index in [9.17, 15) is 13.2 Å². The molecule has 3 rings (SSSR count). The van der Waals surface area contributed by atoms with Gasteiger partial charge < -0.3 is 4.18 Å². The number of carbonyl (C=O) groups excluding carboxylic acids is 1. The Kier molecular flexibility index (Phi) is 5.76. The number of amides is 1. The lowest BCUT2D eigenvalue weighted by atomic mass is 10.1. The predicted octanol–water partition coefficient (Wildman–Crippen LogP) is 4.50. The summed E-state index contributed by atoms with van der Waals surface area (Å²) in [6, 6.07) is 12.3. The quantitative estimate of drug-likeness (QED) is 0.362. The maximum Gasteiger partial charge on any atom is 0.306 e. The molecule has 1 saturated heterocycles. The van der Waals surface area contributed by atoms with Gasteiger partial charge in [0.05, 0.1) is 16.8 Å². The molecule has 1 fully saturated rings. The number of hydrogen-bond donors (Lipinski definition) is 0. The molecule has 0 unspecified atom stereocenters. The van der Waals surface area contributed by atoms with Crippen molar-refractivity contribution < 1.29 is 17.4 Å². The number of anilines is 1. The van der Waals surface area contributed by atoms with Crippen LogP contribution in [0.25, 0.3) is 6.08 Å². The second-order valence-electron chi connectivity index (χ2n) is 5.77. The Morgan fingerprint density at radius 1 is 1.22 bits per heavy atom. The second-order valence-corrected chi connectivity index (χ2v) is 9.94. The zero-order valence-corrected chi connectivity index (χ0v) is 18.3. The van der Waals surface area contributed by atoms with Crippen molar-refractivity contribution in [1.82, 2.24) is 0 Å². The standard InChI is InChI=1S/C18H14BrNO4S3/c1-11-5-3-4-6-14(11)20-17(21)16(26-18(20)25)10-12-9-13(19)7-8-15(12)24-27(2,22)23/h3-10H,1-2H3. The summed E-state index contributed by atoms with van der Waals surface area (Å²) in [6.45, 7) is 1.91. The van der Waals surface area contributed by atoms with Crippen molar-refractivity contribution in [1.29, 1.82) is 0 Å². The van der Waals surface area contributed by atoms with Gasteiger partial charge in [-0.2, -0.15) is 8.42 Å². The number of aryl methyl sites for hydroxylation is 1. The normalized spacial score (nSPS) is 16.3. The van der Waals surface area contributed by atoms with E-state index < -0.39 is 10.1 Å². The van der Waals surface area contributed by atoms with Gasteiger partial charge in [-0.15, -0.1) is 0 Å². The van der Waals surface area contributed by atoms with Gasteiger partial charge in [0.1, 0.15) is 5.75 Å². The van der Waals surface area contributed by atoms with E-state index in [4.69, 9.17) is 16.4 Å². The van der Waals surface area contributed by atoms with E-state index in [1.807, 2.05) is 31.2 Å². The first-order chi connectivity index (χ1) is 12.7. The topological polar surface area (TPSA) is 63.7 Å². The third-order valence-corrected chi connectivity index (χ3v) is 5.93. The fraction of sp³-hybridized carbons (Fsp3) is 0.111. The predicted molar refractivity (Wildman–Crippen MR) is 116 cm³/mol. The van der Waals surface area contributed by atoms with Crippen LogP contribution in [0.2, 0.25) is 0 Å². The molecule has 5 nitrogen and oxygen atoms in total. The van der Waals surface area contributed by atoms with Crippen molar-refractivity contribution in [2.75, 3.05) is 11.2 Å². The summed E-state index contributed by atoms with van der Waals surface area (Å²) in [5.41, 5.74) is 2.11. The fourth-order valence-corrected chi connectivity index (χ4v) is 4.63. The third kappa shape index (κ3) is 4.60. The molecule has 0 saturated carbocycles. The summed E-state index contributed by atoms with van der Waals surface area (Å²) >= 11 is 9.90. The van der Waals surface area contributed by atoms with Crippen molar-refractivity contribution in [2.45, 2.75) is 6.92 Å². The highest BCUT2D eigenvalue weighted by Gasteiger charge is 2.34. The van der Waals surface area contributed by atoms with Gasteiger partial charge in [0.25, 0.3) is 5.91 Å². The minimum atomic E-state index is -3.70. The summed E-state index contributed by atoms with van der Waals surface area (Å²) in [4.78, 5) is 14.8. The number of halogens is 1. The Balaban J connectivity index is 2.02. The minimum Gasteiger partial charge on any atom is -0.382 e. The van der Waals surface area contributed by atoms with Gasteiger partial charge in [-0.1, -0.05) is 58.1 Å². The number of nitrogens with zero attached hydrogens (tertiary/aromatic N) is 1. The fourth-order valence-electron chi connectivity index (χ4n) is 2.50. The smallest absolute Gasteiger partial charge is 0.306 e. The number of carbonyl (C=O) groups is 1. The van der Waals surface area contributed by atoms with E-state index in [2.05, 4.69) is 15.9 Å². The summed E-state index contributed by atoms with van der Waals surface area (Å²) in [5.74, 6) is -0.119. The lowest BCUT2D eigenvalue weighted by molar-refractivity contribution is -0.113. The van der Waals surface area contributed by atoms with E-state index in [0.29, 0.717) is 14.8 Å². The number of hydrogen-bond acceptors (Lipinski definition) is 6. The van der Waals surface area contributed by atoms with E-state index in [0.717, 1.165) is 33.7 Å². The Bertz CT molecular complexity index is 1080. The minimum absolute atomic E-state index is 0.141. The van der Waals surface area contributed by atoms with Gasteiger partial charge in [0.15, 0.2) is 4.32 Å². The zero-order chi connectivity index (χ0) is 19.8. The van der Waals surface area contributed by atoms with Gasteiger partial charge >= 0.3 is 10.1 Å². The van der Waals surface area contributed by atoms with E-state index in [1.165, 1.54) is 11.0 Å². The van der Waals surface area contributed by atoms with E-state index in [1.54, 1.807) is 18.2 Å². The number of thiocarbonyl (C=S) groups is 1. The average molecular weight is 484 g/mol. The molecule has 0 radical (unpaired) electrons. The van der Waals surface area contributed by atoms with Crippen LogP contribution in [0.15, 0.2) is 51.8 Å². The summed E-state index contributed by atoms with van der Waals surface area (Å²) in [7, 11) is -3.70. The van der Waals surface area contributed by atoms with Gasteiger partial charge in [-0.05, 0) is 42.8 Å². The number of thioether (sulfide) groups is 1. The van der Waals surface area contributed by atoms with Crippen LogP contribution in [0.4, 0.5) is 5.69 Å². The highest BCUT2D eigenvalue weighted by molar-refractivity contribution is 9.10. The summed E-state index contributed by atoms with van der Waals surface area (Å²) in [5, 5.41) is 0. The first kappa shape index (κ1) is 20.1. The first-order valence-corrected chi connectivity index (χ1v) is 11.5. The summed E-state index contributed by atoms with van der Waals surface area (Å²) in [6.07, 6.45) is 2.55. The highest BCUT2D eigenvalue weighted by atomic mass is 79.9. The number of benzene rings is 2. The molecule has 2 aromatic carbocycles. The molecular formula is C18H14BrNO4S3. The zero-order valence-electron chi connectivity index (χ0n) is 14.3. The molecule has 0 N–H and O–H groups in total. The first-order valence-electron chi connectivity index (χ1n) is 7.68. The highest BCUT2D eigenvalue weighted by Crippen LogP contribution is 2.38. The maximum absolute atomic E-state index is 12.9. The van der Waals surface area contributed by atoms with Crippen LogP contribution in [-0.2, 0) is 14.9 Å². The van der Waals surface area contributed by atoms with Crippen LogP contribution >= 0.6 is 39.9 Å². The molecule has 1 amide bonds. The number of rotatable bonds is 4. The molecule has 0 aromatic heterocycles. The van der Waals surface area contributed by atoms with Crippen LogP contribution < -0.4 is 9.08 Å². The van der Waals surface area contributed by atoms with Crippen molar-refractivity contribution >= 4 is 72.0 Å². The molecule has 2 aromatic rings. The van der Waals surface area contributed by atoms with Gasteiger partial charge in [0, 0.05) is 10.0 Å². The Labute approximate surface area is 175 Å². The van der Waals surface area contributed by atoms with E-state index >= 15 is 0 Å². The van der Waals surface area contributed by atoms with Crippen molar-refractivity contribution in [3.8, 4) is 5.75 Å². The average Bonchev–Trinajstić information content (AvgIpc) is 2.84. The van der Waals surface area contributed by atoms with Crippen molar-refractivity contribution in [3.63, 3.8) is 0 Å². The molecule has 140 valence electrons. The molecule has 1 aliphatic rings. The lowest BCUT2D eigenvalue weighted by Crippen LogP contribution is -2.28. The van der Waals surface area contributed by atoms with Crippen LogP contribution in [0.5, 0.6) is 5.75 Å². The van der Waals surface area contributed by atoms with Crippen LogP contribution in [0, 0.1) is 6.92 Å². The molecule has 0 spiro atoms. The maximum atomic E-state index is 12.9. The molecule has 27 heavy (non-hydrogen) atoms. The van der Waals surface area contributed by atoms with Crippen LogP contribution in [0.1, 0.15) is 11.1 Å². The third-order valence-electron chi connectivity index (χ3n) is 3.65. The molecule has 9 heteroatoms. The molecule has 1 heterocycles. The van der Waals surface area contributed by atoms with Gasteiger partial charge in [-0.25, -0.2) is 0 Å². The second kappa shape index (κ2) is 7.75. The monoisotopic (exact) mass is 483 g/mol. The Morgan fingerprint density at radius 3 is 2.59 bits per heavy atom. The van der Waals surface area contributed by atoms with Crippen LogP contribution in [-0.4, -0.2) is 24.9 Å². The van der Waals surface area contributed by atoms with Gasteiger partial charge in [0.2, 0.25) is 0 Å². The van der Waals surface area contributed by atoms with Crippen molar-refractivity contribution in [3.05, 3.63) is 63.0 Å². The molecule has 0 aliphatic carbocycles.